The van der Waals surface area contributed by atoms with Gasteiger partial charge in [0.05, 0.1) is 7.11 Å². The van der Waals surface area contributed by atoms with Crippen molar-refractivity contribution in [3.05, 3.63) is 83.5 Å². The third-order valence-corrected chi connectivity index (χ3v) is 4.30. The van der Waals surface area contributed by atoms with Gasteiger partial charge in [0, 0.05) is 11.4 Å². The molecule has 1 atom stereocenters. The van der Waals surface area contributed by atoms with Crippen LogP contribution in [-0.2, 0) is 14.5 Å². The minimum Gasteiger partial charge on any atom is -0.501 e. The van der Waals surface area contributed by atoms with E-state index in [9.17, 15) is 9.05 Å². The van der Waals surface area contributed by atoms with E-state index in [-0.39, 0.29) is 11.4 Å². The number of hydrogen-bond acceptors (Lipinski definition) is 3. The lowest BCUT2D eigenvalue weighted by Gasteiger charge is -2.25. The molecule has 0 fully saturated rings. The van der Waals surface area contributed by atoms with Crippen molar-refractivity contribution in [2.24, 2.45) is 0 Å². The Morgan fingerprint density at radius 1 is 0.960 bits per heavy atom. The van der Waals surface area contributed by atoms with Gasteiger partial charge in [-0.2, -0.15) is 0 Å². The van der Waals surface area contributed by atoms with Crippen LogP contribution in [0, 0.1) is 0 Å². The van der Waals surface area contributed by atoms with Gasteiger partial charge in [0.25, 0.3) is 0 Å². The van der Waals surface area contributed by atoms with Crippen LogP contribution < -0.4 is 0 Å². The lowest BCUT2D eigenvalue weighted by atomic mass is 9.72. The highest BCUT2D eigenvalue weighted by Gasteiger charge is 2.34. The number of halogens is 2. The maximum Gasteiger partial charge on any atom is 0.571 e. The summed E-state index contributed by atoms with van der Waals surface area (Å²) >= 11 is 0. The molecule has 0 saturated carbocycles. The fourth-order valence-corrected chi connectivity index (χ4v) is 3.14. The molecule has 1 unspecified atom stereocenters. The molecule has 0 aliphatic heterocycles. The van der Waals surface area contributed by atoms with Crippen molar-refractivity contribution in [3.63, 3.8) is 0 Å². The van der Waals surface area contributed by atoms with Gasteiger partial charge in [0.2, 0.25) is 0 Å². The minimum absolute atomic E-state index is 0.179. The van der Waals surface area contributed by atoms with Gasteiger partial charge in [-0.25, -0.2) is 9.72 Å². The maximum atomic E-state index is 12.6. The molecule has 0 N–H and O–H groups in total. The number of benzene rings is 2. The van der Waals surface area contributed by atoms with E-state index in [2.05, 4.69) is 15.8 Å². The van der Waals surface area contributed by atoms with E-state index in [0.717, 1.165) is 16.7 Å². The highest BCUT2D eigenvalue weighted by molar-refractivity contribution is 6.54. The summed E-state index contributed by atoms with van der Waals surface area (Å²) in [6.45, 7) is 0. The average Bonchev–Trinajstić information content (AvgIpc) is 2.69. The maximum absolute atomic E-state index is 12.6. The van der Waals surface area contributed by atoms with Crippen LogP contribution in [0.5, 0.6) is 0 Å². The Kier molecular flexibility index (Phi) is 5.63. The molecular weight excluding hydrogens is 325 g/mol. The summed E-state index contributed by atoms with van der Waals surface area (Å²) < 4.78 is 30.6. The van der Waals surface area contributed by atoms with Gasteiger partial charge in [0.15, 0.2) is 0 Å². The van der Waals surface area contributed by atoms with Crippen LogP contribution in [0.2, 0.25) is 0 Å². The van der Waals surface area contributed by atoms with Crippen LogP contribution in [-0.4, -0.2) is 14.2 Å². The molecule has 128 valence electrons. The smallest absolute Gasteiger partial charge is 0.501 e. The number of allylic oxidation sites excluding steroid dienone is 4. The van der Waals surface area contributed by atoms with E-state index in [4.69, 9.17) is 4.74 Å². The number of rotatable bonds is 6. The van der Waals surface area contributed by atoms with Crippen molar-refractivity contribution in [3.8, 4) is 11.1 Å². The third kappa shape index (κ3) is 3.65. The molecule has 6 heteroatoms. The van der Waals surface area contributed by atoms with Crippen molar-refractivity contribution in [2.75, 3.05) is 7.11 Å². The zero-order chi connectivity index (χ0) is 17.6. The summed E-state index contributed by atoms with van der Waals surface area (Å²) in [7, 11) is -0.290. The average molecular weight is 342 g/mol. The molecule has 0 bridgehead atoms. The summed E-state index contributed by atoms with van der Waals surface area (Å²) in [5, 5.41) is 0. The first-order valence-corrected chi connectivity index (χ1v) is 7.93. The van der Waals surface area contributed by atoms with Crippen LogP contribution in [0.3, 0.4) is 0 Å². The first-order chi connectivity index (χ1) is 12.3. The standard InChI is InChI=1S/C19H17BF2O3/c1-23-19-17(11-6-12-18(19)20(24-21)25-22)16-10-5-9-15(13-16)14-7-3-2-4-8-14/h2-10,12-13,17H,11H2,1H3. The molecular formula is C19H17BF2O3. The van der Waals surface area contributed by atoms with Crippen molar-refractivity contribution in [1.29, 1.82) is 0 Å². The molecule has 0 amide bonds. The lowest BCUT2D eigenvalue weighted by molar-refractivity contribution is -0.102. The minimum atomic E-state index is -1.76. The highest BCUT2D eigenvalue weighted by atomic mass is 19.3. The quantitative estimate of drug-likeness (QED) is 0.682. The first-order valence-electron chi connectivity index (χ1n) is 7.93. The molecule has 2 aromatic carbocycles. The molecule has 0 radical (unpaired) electrons. The van der Waals surface area contributed by atoms with Crippen LogP contribution in [0.4, 0.5) is 9.05 Å². The molecule has 0 saturated heterocycles. The number of ether oxygens (including phenoxy) is 1. The zero-order valence-corrected chi connectivity index (χ0v) is 13.7. The molecule has 25 heavy (non-hydrogen) atoms. The number of methoxy groups -OCH3 is 1. The summed E-state index contributed by atoms with van der Waals surface area (Å²) in [4.78, 5) is 7.12. The van der Waals surface area contributed by atoms with Gasteiger partial charge in [0.1, 0.15) is 5.76 Å². The Morgan fingerprint density at radius 3 is 2.36 bits per heavy atom. The second-order valence-corrected chi connectivity index (χ2v) is 5.72. The summed E-state index contributed by atoms with van der Waals surface area (Å²) in [5.41, 5.74) is 3.33. The molecule has 0 aromatic heterocycles. The summed E-state index contributed by atoms with van der Waals surface area (Å²) in [6, 6.07) is 18.0. The van der Waals surface area contributed by atoms with E-state index < -0.39 is 7.12 Å². The van der Waals surface area contributed by atoms with Crippen molar-refractivity contribution >= 4 is 7.12 Å². The molecule has 0 spiro atoms. The lowest BCUT2D eigenvalue weighted by Crippen LogP contribution is -2.24. The van der Waals surface area contributed by atoms with Crippen LogP contribution in [0.1, 0.15) is 17.9 Å². The second-order valence-electron chi connectivity index (χ2n) is 5.72. The summed E-state index contributed by atoms with van der Waals surface area (Å²) in [6.07, 6.45) is 4.03. The third-order valence-electron chi connectivity index (χ3n) is 4.30. The zero-order valence-electron chi connectivity index (χ0n) is 13.7. The van der Waals surface area contributed by atoms with Crippen molar-refractivity contribution in [1.82, 2.24) is 0 Å². The Morgan fingerprint density at radius 2 is 1.68 bits per heavy atom. The van der Waals surface area contributed by atoms with Gasteiger partial charge < -0.3 is 4.74 Å². The Balaban J connectivity index is 2.00. The van der Waals surface area contributed by atoms with Crippen LogP contribution in [0.25, 0.3) is 11.1 Å². The molecule has 1 aliphatic rings. The topological polar surface area (TPSA) is 27.7 Å². The van der Waals surface area contributed by atoms with Crippen molar-refractivity contribution < 1.29 is 23.5 Å². The Hall–Kier alpha value is -2.44. The van der Waals surface area contributed by atoms with Crippen LogP contribution in [0.15, 0.2) is 78.0 Å². The van der Waals surface area contributed by atoms with Crippen LogP contribution >= 0.6 is 0 Å². The molecule has 0 heterocycles. The molecule has 2 aromatic rings. The Bertz CT molecular complexity index is 773. The molecule has 3 nitrogen and oxygen atoms in total. The van der Waals surface area contributed by atoms with E-state index in [0.29, 0.717) is 12.2 Å². The SMILES string of the molecule is COC1=C(B(OF)OF)C=CCC1c1cccc(-c2ccccc2)c1. The first kappa shape index (κ1) is 17.4. The second kappa shape index (κ2) is 8.10. The van der Waals surface area contributed by atoms with E-state index in [1.165, 1.54) is 7.11 Å². The fourth-order valence-electron chi connectivity index (χ4n) is 3.14. The monoisotopic (exact) mass is 342 g/mol. The highest BCUT2D eigenvalue weighted by Crippen LogP contribution is 2.37. The Labute approximate surface area is 145 Å². The van der Waals surface area contributed by atoms with Gasteiger partial charge in [-0.1, -0.05) is 75.8 Å². The number of hydrogen-bond donors (Lipinski definition) is 0. The van der Waals surface area contributed by atoms with Gasteiger partial charge in [-0.15, -0.1) is 0 Å². The van der Waals surface area contributed by atoms with Crippen molar-refractivity contribution in [2.45, 2.75) is 12.3 Å². The van der Waals surface area contributed by atoms with E-state index in [1.807, 2.05) is 54.6 Å². The summed E-state index contributed by atoms with van der Waals surface area (Å²) in [5.74, 6) is 0.245. The van der Waals surface area contributed by atoms with E-state index >= 15 is 0 Å². The predicted molar refractivity (Wildman–Crippen MR) is 92.6 cm³/mol. The molecule has 3 rings (SSSR count). The van der Waals surface area contributed by atoms with Gasteiger partial charge in [-0.3, -0.25) is 0 Å². The predicted octanol–water partition coefficient (Wildman–Crippen LogP) is 5.13. The normalized spacial score (nSPS) is 16.8. The fraction of sp³-hybridized carbons (Fsp3) is 0.158. The van der Waals surface area contributed by atoms with Gasteiger partial charge in [-0.05, 0) is 23.1 Å². The molecule has 1 aliphatic carbocycles. The van der Waals surface area contributed by atoms with Gasteiger partial charge >= 0.3 is 7.12 Å². The van der Waals surface area contributed by atoms with E-state index in [1.54, 1.807) is 6.08 Å². The largest absolute Gasteiger partial charge is 0.571 e.